The third-order valence-corrected chi connectivity index (χ3v) is 6.31. The molecule has 31 heavy (non-hydrogen) atoms. The quantitative estimate of drug-likeness (QED) is 0.707. The van der Waals surface area contributed by atoms with E-state index in [1.807, 2.05) is 12.1 Å². The number of carbonyl (C=O) groups excluding carboxylic acids is 2. The zero-order valence-electron chi connectivity index (χ0n) is 18.7. The molecule has 6 nitrogen and oxygen atoms in total. The van der Waals surface area contributed by atoms with Crippen LogP contribution in [0.2, 0.25) is 0 Å². The number of nitrogens with one attached hydrogen (secondary N) is 2. The van der Waals surface area contributed by atoms with Crippen molar-refractivity contribution >= 4 is 29.0 Å². The largest absolute Gasteiger partial charge is 0.414 e. The maximum Gasteiger partial charge on any atom is 0.414 e. The Morgan fingerprint density at radius 3 is 2.68 bits per heavy atom. The molecule has 0 spiro atoms. The van der Waals surface area contributed by atoms with E-state index >= 15 is 0 Å². The number of benzene rings is 1. The predicted octanol–water partition coefficient (Wildman–Crippen LogP) is 4.00. The molecular weight excluding hydrogens is 410 g/mol. The van der Waals surface area contributed by atoms with Gasteiger partial charge in [-0.3, -0.25) is 4.79 Å². The van der Waals surface area contributed by atoms with Gasteiger partial charge in [0, 0.05) is 24.2 Å². The van der Waals surface area contributed by atoms with Crippen molar-refractivity contribution in [1.82, 2.24) is 10.2 Å². The number of likely N-dealkylation sites (N-methyl/N-ethyl adjacent to an activating group) is 1. The summed E-state index contributed by atoms with van der Waals surface area (Å²) < 4.78 is 5.24. The third-order valence-electron chi connectivity index (χ3n) is 5.42. The van der Waals surface area contributed by atoms with Crippen molar-refractivity contribution < 1.29 is 14.3 Å². The van der Waals surface area contributed by atoms with Gasteiger partial charge in [0.25, 0.3) is 0 Å². The zero-order chi connectivity index (χ0) is 22.8. The van der Waals surface area contributed by atoms with E-state index in [-0.39, 0.29) is 11.3 Å². The van der Waals surface area contributed by atoms with E-state index in [0.717, 1.165) is 19.5 Å². The molecule has 1 aliphatic heterocycles. The van der Waals surface area contributed by atoms with Crippen LogP contribution in [0.3, 0.4) is 0 Å². The molecule has 0 atom stereocenters. The van der Waals surface area contributed by atoms with Gasteiger partial charge in [-0.25, -0.2) is 4.79 Å². The molecule has 2 aromatic rings. The highest BCUT2D eigenvalue weighted by Gasteiger charge is 2.32. The summed E-state index contributed by atoms with van der Waals surface area (Å²) >= 11 is 1.19. The molecule has 0 bridgehead atoms. The van der Waals surface area contributed by atoms with E-state index in [1.54, 1.807) is 26.0 Å². The van der Waals surface area contributed by atoms with Gasteiger partial charge >= 0.3 is 6.09 Å². The topological polar surface area (TPSA) is 70.7 Å². The lowest BCUT2D eigenvalue weighted by Crippen LogP contribution is -2.53. The molecule has 0 unspecified atom stereocenters. The molecule has 0 saturated carbocycles. The summed E-state index contributed by atoms with van der Waals surface area (Å²) in [5.74, 6) is 2.16. The number of amides is 2. The van der Waals surface area contributed by atoms with Gasteiger partial charge in [-0.15, -0.1) is 6.42 Å². The highest BCUT2D eigenvalue weighted by atomic mass is 32.1. The number of nitrogens with zero attached hydrogens (tertiary/aromatic N) is 1. The Kier molecular flexibility index (Phi) is 6.44. The predicted molar refractivity (Wildman–Crippen MR) is 125 cm³/mol. The Bertz CT molecular complexity index is 1030. The van der Waals surface area contributed by atoms with Gasteiger partial charge in [0.2, 0.25) is 5.91 Å². The molecule has 3 rings (SSSR count). The van der Waals surface area contributed by atoms with Crippen molar-refractivity contribution in [3.05, 3.63) is 46.3 Å². The fourth-order valence-corrected chi connectivity index (χ4v) is 4.52. The van der Waals surface area contributed by atoms with Crippen molar-refractivity contribution in [3.8, 4) is 17.4 Å². The lowest BCUT2D eigenvalue weighted by molar-refractivity contribution is -0.121. The number of anilines is 1. The second-order valence-corrected chi connectivity index (χ2v) is 10.1. The fourth-order valence-electron chi connectivity index (χ4n) is 3.86. The van der Waals surface area contributed by atoms with Crippen LogP contribution in [0.15, 0.2) is 30.3 Å². The van der Waals surface area contributed by atoms with E-state index in [1.165, 1.54) is 22.5 Å². The Labute approximate surface area is 188 Å². The first-order chi connectivity index (χ1) is 14.5. The molecule has 0 saturated heterocycles. The molecule has 1 aromatic heterocycles. The van der Waals surface area contributed by atoms with Crippen LogP contribution in [0, 0.1) is 12.3 Å². The Morgan fingerprint density at radius 2 is 2.00 bits per heavy atom. The number of hydrogen-bond acceptors (Lipinski definition) is 5. The van der Waals surface area contributed by atoms with E-state index in [0.29, 0.717) is 15.6 Å². The minimum absolute atomic E-state index is 0.0365. The van der Waals surface area contributed by atoms with Crippen LogP contribution in [-0.4, -0.2) is 42.6 Å². The molecule has 2 heterocycles. The van der Waals surface area contributed by atoms with Crippen molar-refractivity contribution in [1.29, 1.82) is 0 Å². The molecule has 2 amide bonds. The number of carbonyl (C=O) groups is 2. The first kappa shape index (κ1) is 22.9. The zero-order valence-corrected chi connectivity index (χ0v) is 19.5. The SMILES string of the molecule is C#Cc1ccc(OC(=O)NC(C)(C)C(=O)Nc2ccc3c(c2)CCN(C)CC3(C)C)s1. The van der Waals surface area contributed by atoms with Crippen molar-refractivity contribution in [2.75, 3.05) is 25.5 Å². The molecule has 2 N–H and O–H groups in total. The van der Waals surface area contributed by atoms with Gasteiger partial charge in [-0.2, -0.15) is 0 Å². The number of thiophene rings is 1. The van der Waals surface area contributed by atoms with E-state index < -0.39 is 11.6 Å². The van der Waals surface area contributed by atoms with Gasteiger partial charge in [-0.1, -0.05) is 37.2 Å². The van der Waals surface area contributed by atoms with Crippen LogP contribution in [0.5, 0.6) is 5.06 Å². The van der Waals surface area contributed by atoms with Gasteiger partial charge in [0.1, 0.15) is 5.54 Å². The summed E-state index contributed by atoms with van der Waals surface area (Å²) in [7, 11) is 2.13. The monoisotopic (exact) mass is 439 g/mol. The highest BCUT2D eigenvalue weighted by Crippen LogP contribution is 2.32. The highest BCUT2D eigenvalue weighted by molar-refractivity contribution is 7.14. The van der Waals surface area contributed by atoms with Gasteiger partial charge in [-0.05, 0) is 62.7 Å². The number of terminal acetylenes is 1. The van der Waals surface area contributed by atoms with Crippen LogP contribution in [-0.2, 0) is 16.6 Å². The Hall–Kier alpha value is -2.82. The van der Waals surface area contributed by atoms with Crippen LogP contribution >= 0.6 is 11.3 Å². The lowest BCUT2D eigenvalue weighted by Gasteiger charge is -2.29. The third kappa shape index (κ3) is 5.46. The van der Waals surface area contributed by atoms with E-state index in [4.69, 9.17) is 11.2 Å². The summed E-state index contributed by atoms with van der Waals surface area (Å²) in [5, 5.41) is 5.92. The van der Waals surface area contributed by atoms with Crippen LogP contribution in [0.4, 0.5) is 10.5 Å². The van der Waals surface area contributed by atoms with Crippen molar-refractivity contribution in [3.63, 3.8) is 0 Å². The van der Waals surface area contributed by atoms with Crippen molar-refractivity contribution in [2.45, 2.75) is 45.1 Å². The summed E-state index contributed by atoms with van der Waals surface area (Å²) in [6.07, 6.45) is 5.54. The standard InChI is InChI=1S/C24H29N3O3S/c1-7-18-9-11-20(31-18)30-22(29)26-24(4,5)21(28)25-17-8-10-19-16(14-17)12-13-27(6)15-23(19,2)3/h1,8-11,14H,12-13,15H2,2-6H3,(H,25,28)(H,26,29). The second kappa shape index (κ2) is 8.74. The molecule has 7 heteroatoms. The first-order valence-corrected chi connectivity index (χ1v) is 11.0. The summed E-state index contributed by atoms with van der Waals surface area (Å²) in [4.78, 5) is 28.1. The van der Waals surface area contributed by atoms with Gasteiger partial charge < -0.3 is 20.3 Å². The number of fused-ring (bicyclic) bond motifs is 1. The maximum absolute atomic E-state index is 12.9. The van der Waals surface area contributed by atoms with Crippen LogP contribution in [0.1, 0.15) is 43.7 Å². The molecule has 0 fully saturated rings. The Balaban J connectivity index is 1.67. The van der Waals surface area contributed by atoms with Gasteiger partial charge in [0.15, 0.2) is 5.06 Å². The minimum atomic E-state index is -1.17. The van der Waals surface area contributed by atoms with Crippen LogP contribution < -0.4 is 15.4 Å². The van der Waals surface area contributed by atoms with E-state index in [2.05, 4.69) is 48.4 Å². The Morgan fingerprint density at radius 1 is 1.26 bits per heavy atom. The van der Waals surface area contributed by atoms with E-state index in [9.17, 15) is 9.59 Å². The molecule has 0 radical (unpaired) electrons. The fraction of sp³-hybridized carbons (Fsp3) is 0.417. The number of ether oxygens (including phenoxy) is 1. The van der Waals surface area contributed by atoms with Crippen LogP contribution in [0.25, 0.3) is 0 Å². The molecule has 1 aromatic carbocycles. The minimum Gasteiger partial charge on any atom is -0.399 e. The normalized spacial score (nSPS) is 15.9. The average Bonchev–Trinajstić information content (AvgIpc) is 3.08. The smallest absolute Gasteiger partial charge is 0.399 e. The number of hydrogen-bond donors (Lipinski definition) is 2. The molecule has 1 aliphatic rings. The number of rotatable bonds is 4. The van der Waals surface area contributed by atoms with Gasteiger partial charge in [0.05, 0.1) is 4.88 Å². The molecular formula is C24H29N3O3S. The lowest BCUT2D eigenvalue weighted by atomic mass is 9.81. The first-order valence-electron chi connectivity index (χ1n) is 10.2. The summed E-state index contributed by atoms with van der Waals surface area (Å²) in [5.41, 5.74) is 2.12. The maximum atomic E-state index is 12.9. The second-order valence-electron chi connectivity index (χ2n) is 9.10. The molecule has 164 valence electrons. The average molecular weight is 440 g/mol. The summed E-state index contributed by atoms with van der Waals surface area (Å²) in [6, 6.07) is 9.38. The summed E-state index contributed by atoms with van der Waals surface area (Å²) in [6.45, 7) is 9.70. The van der Waals surface area contributed by atoms with Crippen molar-refractivity contribution in [2.24, 2.45) is 0 Å². The molecule has 0 aliphatic carbocycles.